The number of ether oxygens (including phenoxy) is 1. The summed E-state index contributed by atoms with van der Waals surface area (Å²) in [5.74, 6) is 0.186. The Balaban J connectivity index is 2.41. The van der Waals surface area contributed by atoms with Gasteiger partial charge in [0.1, 0.15) is 11.9 Å². The summed E-state index contributed by atoms with van der Waals surface area (Å²) in [5, 5.41) is 0. The van der Waals surface area contributed by atoms with Crippen molar-refractivity contribution in [2.24, 2.45) is 11.7 Å². The minimum absolute atomic E-state index is 0.186. The molecule has 0 saturated carbocycles. The lowest BCUT2D eigenvalue weighted by molar-refractivity contribution is -0.110. The lowest BCUT2D eigenvalue weighted by Gasteiger charge is -2.34. The Morgan fingerprint density at radius 2 is 1.94 bits per heavy atom. The zero-order valence-electron chi connectivity index (χ0n) is 10.8. The molecular weight excluding hydrogens is 220 g/mol. The second kappa shape index (κ2) is 5.49. The Hall–Kier alpha value is -1.10. The molecule has 0 radical (unpaired) electrons. The van der Waals surface area contributed by atoms with Crippen LogP contribution >= 0.6 is 0 Å². The van der Waals surface area contributed by atoms with Crippen molar-refractivity contribution in [2.45, 2.75) is 45.3 Å². The minimum atomic E-state index is -0.465. The van der Waals surface area contributed by atoms with Gasteiger partial charge in [0.25, 0.3) is 0 Å². The molecule has 5 nitrogen and oxygen atoms in total. The van der Waals surface area contributed by atoms with Gasteiger partial charge >= 0.3 is 6.09 Å². The SMILES string of the molecule is CC(C)(C)OC(=O)N1CCC(C(N)C=O)CC1. The molecular formula is C12H22N2O3. The maximum Gasteiger partial charge on any atom is 0.410 e. The largest absolute Gasteiger partial charge is 0.444 e. The molecule has 1 rings (SSSR count). The average molecular weight is 242 g/mol. The summed E-state index contributed by atoms with van der Waals surface area (Å²) in [4.78, 5) is 24.0. The average Bonchev–Trinajstić information content (AvgIpc) is 2.26. The number of carbonyl (C=O) groups excluding carboxylic acids is 2. The van der Waals surface area contributed by atoms with Crippen LogP contribution in [-0.4, -0.2) is 42.0 Å². The summed E-state index contributed by atoms with van der Waals surface area (Å²) < 4.78 is 5.29. The van der Waals surface area contributed by atoms with E-state index in [0.717, 1.165) is 19.1 Å². The normalized spacial score (nSPS) is 19.9. The van der Waals surface area contributed by atoms with E-state index in [9.17, 15) is 9.59 Å². The molecule has 0 aromatic rings. The van der Waals surface area contributed by atoms with Gasteiger partial charge < -0.3 is 20.2 Å². The first kappa shape index (κ1) is 14.0. The molecule has 0 bridgehead atoms. The van der Waals surface area contributed by atoms with Crippen molar-refractivity contribution < 1.29 is 14.3 Å². The predicted molar refractivity (Wildman–Crippen MR) is 64.6 cm³/mol. The van der Waals surface area contributed by atoms with Crippen LogP contribution in [0.3, 0.4) is 0 Å². The molecule has 1 amide bonds. The highest BCUT2D eigenvalue weighted by molar-refractivity contribution is 5.68. The Labute approximate surface area is 102 Å². The predicted octanol–water partition coefficient (Wildman–Crippen LogP) is 1.16. The number of nitrogens with zero attached hydrogens (tertiary/aromatic N) is 1. The third-order valence-corrected chi connectivity index (χ3v) is 2.89. The Morgan fingerprint density at radius 3 is 2.35 bits per heavy atom. The summed E-state index contributed by atoms with van der Waals surface area (Å²) in [5.41, 5.74) is 5.20. The number of nitrogens with two attached hydrogens (primary N) is 1. The number of carbonyl (C=O) groups is 2. The van der Waals surface area contributed by atoms with E-state index in [0.29, 0.717) is 13.1 Å². The Bertz CT molecular complexity index is 278. The highest BCUT2D eigenvalue weighted by Gasteiger charge is 2.28. The zero-order chi connectivity index (χ0) is 13.1. The molecule has 1 fully saturated rings. The van der Waals surface area contributed by atoms with E-state index in [-0.39, 0.29) is 12.0 Å². The van der Waals surface area contributed by atoms with E-state index >= 15 is 0 Å². The molecule has 1 saturated heterocycles. The first-order chi connectivity index (χ1) is 7.83. The highest BCUT2D eigenvalue weighted by Crippen LogP contribution is 2.20. The fourth-order valence-corrected chi connectivity index (χ4v) is 1.90. The number of likely N-dealkylation sites (tertiary alicyclic amines) is 1. The lowest BCUT2D eigenvalue weighted by Crippen LogP contribution is -2.45. The maximum absolute atomic E-state index is 11.8. The topological polar surface area (TPSA) is 72.6 Å². The van der Waals surface area contributed by atoms with Crippen LogP contribution in [0.2, 0.25) is 0 Å². The van der Waals surface area contributed by atoms with E-state index < -0.39 is 11.6 Å². The van der Waals surface area contributed by atoms with E-state index in [2.05, 4.69) is 0 Å². The number of hydrogen-bond donors (Lipinski definition) is 1. The van der Waals surface area contributed by atoms with Crippen molar-refractivity contribution in [1.29, 1.82) is 0 Å². The van der Waals surface area contributed by atoms with Crippen LogP contribution in [-0.2, 0) is 9.53 Å². The Morgan fingerprint density at radius 1 is 1.41 bits per heavy atom. The van der Waals surface area contributed by atoms with Crippen LogP contribution in [0.25, 0.3) is 0 Å². The van der Waals surface area contributed by atoms with Gasteiger partial charge in [-0.3, -0.25) is 0 Å². The van der Waals surface area contributed by atoms with Gasteiger partial charge in [0.15, 0.2) is 0 Å². The summed E-state index contributed by atoms with van der Waals surface area (Å²) in [6.45, 7) is 6.77. The van der Waals surface area contributed by atoms with Crippen LogP contribution in [0.15, 0.2) is 0 Å². The second-order valence-electron chi connectivity index (χ2n) is 5.52. The molecule has 1 heterocycles. The van der Waals surface area contributed by atoms with Gasteiger partial charge in [-0.25, -0.2) is 4.79 Å². The molecule has 2 N–H and O–H groups in total. The van der Waals surface area contributed by atoms with Gasteiger partial charge in [0.2, 0.25) is 0 Å². The van der Waals surface area contributed by atoms with Gasteiger partial charge in [-0.2, -0.15) is 0 Å². The number of amides is 1. The number of aldehydes is 1. The lowest BCUT2D eigenvalue weighted by atomic mass is 9.91. The molecule has 0 aromatic heterocycles. The van der Waals surface area contributed by atoms with E-state index in [4.69, 9.17) is 10.5 Å². The maximum atomic E-state index is 11.8. The monoisotopic (exact) mass is 242 g/mol. The second-order valence-corrected chi connectivity index (χ2v) is 5.52. The fourth-order valence-electron chi connectivity index (χ4n) is 1.90. The molecule has 0 spiro atoms. The van der Waals surface area contributed by atoms with Crippen molar-refractivity contribution in [2.75, 3.05) is 13.1 Å². The van der Waals surface area contributed by atoms with Crippen molar-refractivity contribution in [3.63, 3.8) is 0 Å². The van der Waals surface area contributed by atoms with E-state index in [1.807, 2.05) is 20.8 Å². The molecule has 1 unspecified atom stereocenters. The van der Waals surface area contributed by atoms with E-state index in [1.54, 1.807) is 4.90 Å². The standard InChI is InChI=1S/C12H22N2O3/c1-12(2,3)17-11(16)14-6-4-9(5-7-14)10(13)8-15/h8-10H,4-7,13H2,1-3H3. The fraction of sp³-hybridized carbons (Fsp3) is 0.833. The van der Waals surface area contributed by atoms with Gasteiger partial charge in [0, 0.05) is 13.1 Å². The van der Waals surface area contributed by atoms with Gasteiger partial charge in [-0.05, 0) is 39.5 Å². The third kappa shape index (κ3) is 4.34. The van der Waals surface area contributed by atoms with Gasteiger partial charge in [-0.15, -0.1) is 0 Å². The van der Waals surface area contributed by atoms with Crippen LogP contribution in [0.4, 0.5) is 4.79 Å². The van der Waals surface area contributed by atoms with Gasteiger partial charge in [0.05, 0.1) is 6.04 Å². The number of rotatable bonds is 2. The molecule has 0 aliphatic carbocycles. The highest BCUT2D eigenvalue weighted by atomic mass is 16.6. The van der Waals surface area contributed by atoms with E-state index in [1.165, 1.54) is 0 Å². The summed E-state index contributed by atoms with van der Waals surface area (Å²) >= 11 is 0. The van der Waals surface area contributed by atoms with Crippen molar-refractivity contribution in [3.8, 4) is 0 Å². The minimum Gasteiger partial charge on any atom is -0.444 e. The first-order valence-corrected chi connectivity index (χ1v) is 6.02. The smallest absolute Gasteiger partial charge is 0.410 e. The number of piperidine rings is 1. The Kier molecular flexibility index (Phi) is 4.51. The molecule has 5 heteroatoms. The van der Waals surface area contributed by atoms with Crippen LogP contribution in [0, 0.1) is 5.92 Å². The molecule has 1 aliphatic rings. The summed E-state index contributed by atoms with van der Waals surface area (Å²) in [6.07, 6.45) is 2.03. The van der Waals surface area contributed by atoms with Crippen molar-refractivity contribution >= 4 is 12.4 Å². The molecule has 0 aromatic carbocycles. The van der Waals surface area contributed by atoms with Crippen molar-refractivity contribution in [1.82, 2.24) is 4.90 Å². The number of hydrogen-bond acceptors (Lipinski definition) is 4. The third-order valence-electron chi connectivity index (χ3n) is 2.89. The molecule has 17 heavy (non-hydrogen) atoms. The van der Waals surface area contributed by atoms with Crippen LogP contribution in [0.1, 0.15) is 33.6 Å². The van der Waals surface area contributed by atoms with Crippen LogP contribution in [0.5, 0.6) is 0 Å². The molecule has 98 valence electrons. The summed E-state index contributed by atoms with van der Waals surface area (Å²) in [7, 11) is 0. The summed E-state index contributed by atoms with van der Waals surface area (Å²) in [6, 6.07) is -0.407. The first-order valence-electron chi connectivity index (χ1n) is 6.02. The quantitative estimate of drug-likeness (QED) is 0.737. The van der Waals surface area contributed by atoms with Crippen molar-refractivity contribution in [3.05, 3.63) is 0 Å². The zero-order valence-corrected chi connectivity index (χ0v) is 10.8. The molecule has 1 aliphatic heterocycles. The van der Waals surface area contributed by atoms with Gasteiger partial charge in [-0.1, -0.05) is 0 Å². The van der Waals surface area contributed by atoms with Crippen LogP contribution < -0.4 is 5.73 Å². The molecule has 1 atom stereocenters.